The standard InChI is InChI=1S/C19H16N2Se/c1-15-7-11-18(12-8-15)22-19-13-9-17(10-14-19)21-20-16-5-3-2-4-6-16/h2-14H,1H3. The second-order valence-corrected chi connectivity index (χ2v) is 7.35. The Hall–Kier alpha value is -2.22. The molecule has 3 heteroatoms. The molecule has 0 bridgehead atoms. The van der Waals surface area contributed by atoms with Crippen LogP contribution in [0.3, 0.4) is 0 Å². The molecule has 108 valence electrons. The molecule has 3 aromatic carbocycles. The van der Waals surface area contributed by atoms with Crippen molar-refractivity contribution in [3.05, 3.63) is 84.4 Å². The van der Waals surface area contributed by atoms with Gasteiger partial charge in [-0.1, -0.05) is 0 Å². The fourth-order valence-electron chi connectivity index (χ4n) is 1.93. The number of aryl methyl sites for hydroxylation is 1. The normalized spacial score (nSPS) is 11.0. The Kier molecular flexibility index (Phi) is 4.79. The van der Waals surface area contributed by atoms with E-state index in [0.717, 1.165) is 11.4 Å². The van der Waals surface area contributed by atoms with Crippen LogP contribution in [0.15, 0.2) is 89.1 Å². The van der Waals surface area contributed by atoms with E-state index in [-0.39, 0.29) is 0 Å². The molecule has 0 N–H and O–H groups in total. The fourth-order valence-corrected chi connectivity index (χ4v) is 3.65. The van der Waals surface area contributed by atoms with Gasteiger partial charge in [0.25, 0.3) is 0 Å². The van der Waals surface area contributed by atoms with Crippen molar-refractivity contribution < 1.29 is 0 Å². The molecule has 0 fully saturated rings. The minimum absolute atomic E-state index is 0.336. The minimum atomic E-state index is 0.336. The van der Waals surface area contributed by atoms with Crippen molar-refractivity contribution in [3.8, 4) is 0 Å². The van der Waals surface area contributed by atoms with Gasteiger partial charge < -0.3 is 0 Å². The first kappa shape index (κ1) is 14.7. The monoisotopic (exact) mass is 352 g/mol. The summed E-state index contributed by atoms with van der Waals surface area (Å²) in [6, 6.07) is 26.9. The molecule has 0 aliphatic heterocycles. The third-order valence-electron chi connectivity index (χ3n) is 3.13. The molecule has 0 heterocycles. The van der Waals surface area contributed by atoms with Gasteiger partial charge in [0.15, 0.2) is 0 Å². The van der Waals surface area contributed by atoms with Crippen molar-refractivity contribution in [2.24, 2.45) is 10.2 Å². The van der Waals surface area contributed by atoms with Crippen molar-refractivity contribution >= 4 is 35.3 Å². The van der Waals surface area contributed by atoms with Crippen molar-refractivity contribution in [2.45, 2.75) is 6.92 Å². The maximum atomic E-state index is 4.27. The number of hydrogen-bond acceptors (Lipinski definition) is 2. The molecule has 0 atom stereocenters. The molecule has 0 aliphatic rings. The predicted molar refractivity (Wildman–Crippen MR) is 93.3 cm³/mol. The molecule has 0 aliphatic carbocycles. The molecule has 0 radical (unpaired) electrons. The van der Waals surface area contributed by atoms with Gasteiger partial charge >= 0.3 is 137 Å². The van der Waals surface area contributed by atoms with E-state index in [1.807, 2.05) is 42.5 Å². The van der Waals surface area contributed by atoms with Gasteiger partial charge in [0.2, 0.25) is 0 Å². The summed E-state index contributed by atoms with van der Waals surface area (Å²) in [7, 11) is 0. The summed E-state index contributed by atoms with van der Waals surface area (Å²) in [6.45, 7) is 2.11. The number of azo groups is 1. The van der Waals surface area contributed by atoms with Gasteiger partial charge in [-0.3, -0.25) is 0 Å². The number of nitrogens with zero attached hydrogens (tertiary/aromatic N) is 2. The first-order valence-electron chi connectivity index (χ1n) is 7.11. The molecule has 0 saturated heterocycles. The maximum absolute atomic E-state index is 4.27. The van der Waals surface area contributed by atoms with E-state index < -0.39 is 0 Å². The molecular formula is C19H16N2Se. The zero-order valence-electron chi connectivity index (χ0n) is 12.3. The van der Waals surface area contributed by atoms with Gasteiger partial charge in [-0.2, -0.15) is 0 Å². The van der Waals surface area contributed by atoms with E-state index in [0.29, 0.717) is 15.0 Å². The Morgan fingerprint density at radius 3 is 1.68 bits per heavy atom. The molecule has 2 nitrogen and oxygen atoms in total. The third-order valence-corrected chi connectivity index (χ3v) is 5.26. The molecule has 0 aromatic heterocycles. The predicted octanol–water partition coefficient (Wildman–Crippen LogP) is 4.07. The molecule has 0 saturated carbocycles. The van der Waals surface area contributed by atoms with Crippen LogP contribution in [-0.4, -0.2) is 15.0 Å². The second-order valence-electron chi connectivity index (χ2n) is 4.94. The van der Waals surface area contributed by atoms with E-state index in [2.05, 4.69) is 53.6 Å². The van der Waals surface area contributed by atoms with Crippen molar-refractivity contribution in [3.63, 3.8) is 0 Å². The van der Waals surface area contributed by atoms with Crippen molar-refractivity contribution in [1.82, 2.24) is 0 Å². The molecular weight excluding hydrogens is 335 g/mol. The molecule has 3 aromatic rings. The van der Waals surface area contributed by atoms with Crippen molar-refractivity contribution in [1.29, 1.82) is 0 Å². The van der Waals surface area contributed by atoms with Crippen LogP contribution in [0.5, 0.6) is 0 Å². The van der Waals surface area contributed by atoms with E-state index in [1.54, 1.807) is 0 Å². The van der Waals surface area contributed by atoms with Crippen LogP contribution in [0.25, 0.3) is 0 Å². The Morgan fingerprint density at radius 2 is 1.09 bits per heavy atom. The second kappa shape index (κ2) is 7.17. The van der Waals surface area contributed by atoms with Crippen molar-refractivity contribution in [2.75, 3.05) is 0 Å². The Morgan fingerprint density at radius 1 is 0.591 bits per heavy atom. The first-order chi connectivity index (χ1) is 10.8. The van der Waals surface area contributed by atoms with E-state index in [9.17, 15) is 0 Å². The average molecular weight is 351 g/mol. The van der Waals surface area contributed by atoms with E-state index in [4.69, 9.17) is 0 Å². The van der Waals surface area contributed by atoms with Crippen LogP contribution in [-0.2, 0) is 0 Å². The Labute approximate surface area is 137 Å². The van der Waals surface area contributed by atoms with Gasteiger partial charge in [-0.25, -0.2) is 0 Å². The van der Waals surface area contributed by atoms with Crippen LogP contribution in [0, 0.1) is 6.92 Å². The summed E-state index contributed by atoms with van der Waals surface area (Å²) in [5.74, 6) is 0. The Bertz CT molecular complexity index is 748. The van der Waals surface area contributed by atoms with Crippen LogP contribution in [0.1, 0.15) is 5.56 Å². The summed E-state index contributed by atoms with van der Waals surface area (Å²) < 4.78 is 2.73. The number of hydrogen-bond donors (Lipinski definition) is 0. The molecule has 0 unspecified atom stereocenters. The Balaban J connectivity index is 1.67. The average Bonchev–Trinajstić information content (AvgIpc) is 2.57. The number of benzene rings is 3. The zero-order chi connectivity index (χ0) is 15.2. The molecule has 3 rings (SSSR count). The topological polar surface area (TPSA) is 24.7 Å². The van der Waals surface area contributed by atoms with Crippen LogP contribution in [0.2, 0.25) is 0 Å². The SMILES string of the molecule is Cc1ccc([Se]c2ccc(N=Nc3ccccc3)cc2)cc1. The zero-order valence-corrected chi connectivity index (χ0v) is 14.0. The van der Waals surface area contributed by atoms with Crippen LogP contribution < -0.4 is 8.92 Å². The number of rotatable bonds is 4. The van der Waals surface area contributed by atoms with Crippen LogP contribution in [0.4, 0.5) is 11.4 Å². The molecule has 0 amide bonds. The summed E-state index contributed by atoms with van der Waals surface area (Å²) in [6.07, 6.45) is 0. The van der Waals surface area contributed by atoms with E-state index in [1.165, 1.54) is 14.5 Å². The van der Waals surface area contributed by atoms with Gasteiger partial charge in [0.05, 0.1) is 0 Å². The van der Waals surface area contributed by atoms with Gasteiger partial charge in [-0.05, 0) is 0 Å². The molecule has 0 spiro atoms. The quantitative estimate of drug-likeness (QED) is 0.500. The summed E-state index contributed by atoms with van der Waals surface area (Å²) in [5, 5.41) is 8.50. The fraction of sp³-hybridized carbons (Fsp3) is 0.0526. The summed E-state index contributed by atoms with van der Waals surface area (Å²) in [4.78, 5) is 0. The van der Waals surface area contributed by atoms with Crippen LogP contribution >= 0.6 is 0 Å². The van der Waals surface area contributed by atoms with Gasteiger partial charge in [0.1, 0.15) is 0 Å². The molecule has 22 heavy (non-hydrogen) atoms. The van der Waals surface area contributed by atoms with Gasteiger partial charge in [-0.15, -0.1) is 0 Å². The van der Waals surface area contributed by atoms with E-state index >= 15 is 0 Å². The summed E-state index contributed by atoms with van der Waals surface area (Å²) >= 11 is 0.336. The third kappa shape index (κ3) is 4.14. The van der Waals surface area contributed by atoms with Gasteiger partial charge in [0, 0.05) is 0 Å². The summed E-state index contributed by atoms with van der Waals surface area (Å²) in [5.41, 5.74) is 3.05. The first-order valence-corrected chi connectivity index (χ1v) is 8.82.